The van der Waals surface area contributed by atoms with Crippen molar-refractivity contribution < 1.29 is 4.79 Å². The fourth-order valence-electron chi connectivity index (χ4n) is 1.17. The Morgan fingerprint density at radius 2 is 2.18 bits per heavy atom. The largest absolute Gasteiger partial charge is 0.328 e. The van der Waals surface area contributed by atoms with Gasteiger partial charge in [0.25, 0.3) is 0 Å². The molecule has 0 aromatic rings. The first-order valence-electron chi connectivity index (χ1n) is 3.95. The Morgan fingerprint density at radius 3 is 2.27 bits per heavy atom. The summed E-state index contributed by atoms with van der Waals surface area (Å²) in [6, 6.07) is 0. The minimum atomic E-state index is -0.506. The zero-order chi connectivity index (χ0) is 8.91. The van der Waals surface area contributed by atoms with Crippen molar-refractivity contribution in [2.45, 2.75) is 25.8 Å². The van der Waals surface area contributed by atoms with Gasteiger partial charge >= 0.3 is 0 Å². The topological polar surface area (TPSA) is 55.1 Å². The van der Waals surface area contributed by atoms with E-state index in [2.05, 4.69) is 19.2 Å². The molecule has 1 unspecified atom stereocenters. The molecule has 3 heteroatoms. The second kappa shape index (κ2) is 4.46. The van der Waals surface area contributed by atoms with Gasteiger partial charge in [0, 0.05) is 6.54 Å². The van der Waals surface area contributed by atoms with Crippen LogP contribution in [0, 0.1) is 5.92 Å². The van der Waals surface area contributed by atoms with E-state index in [0.29, 0.717) is 12.5 Å². The number of carbonyl (C=O) groups excluding carboxylic acids is 1. The lowest BCUT2D eigenvalue weighted by Crippen LogP contribution is -2.51. The number of likely N-dealkylation sites (N-methyl/N-ethyl adjacent to an activating group) is 1. The SMILES string of the molecule is CNC(C=O)(CN)CC(C)C. The van der Waals surface area contributed by atoms with Crippen LogP contribution in [0.5, 0.6) is 0 Å². The van der Waals surface area contributed by atoms with Crippen LogP contribution in [0.2, 0.25) is 0 Å². The Morgan fingerprint density at radius 1 is 1.64 bits per heavy atom. The van der Waals surface area contributed by atoms with E-state index in [4.69, 9.17) is 5.73 Å². The van der Waals surface area contributed by atoms with Crippen LogP contribution in [0.25, 0.3) is 0 Å². The van der Waals surface area contributed by atoms with E-state index in [1.165, 1.54) is 0 Å². The Hall–Kier alpha value is -0.410. The van der Waals surface area contributed by atoms with Gasteiger partial charge in [0.2, 0.25) is 0 Å². The normalized spacial score (nSPS) is 16.5. The Balaban J connectivity index is 4.16. The number of rotatable bonds is 5. The smallest absolute Gasteiger partial charge is 0.141 e. The Labute approximate surface area is 68.3 Å². The van der Waals surface area contributed by atoms with Crippen molar-refractivity contribution in [2.24, 2.45) is 11.7 Å². The van der Waals surface area contributed by atoms with Crippen molar-refractivity contribution in [3.63, 3.8) is 0 Å². The first-order valence-corrected chi connectivity index (χ1v) is 3.95. The van der Waals surface area contributed by atoms with E-state index in [9.17, 15) is 4.79 Å². The third-order valence-electron chi connectivity index (χ3n) is 1.86. The summed E-state index contributed by atoms with van der Waals surface area (Å²) in [5.41, 5.74) is 4.98. The van der Waals surface area contributed by atoms with Crippen molar-refractivity contribution in [1.82, 2.24) is 5.32 Å². The predicted molar refractivity (Wildman–Crippen MR) is 46.4 cm³/mol. The summed E-state index contributed by atoms with van der Waals surface area (Å²) in [6.07, 6.45) is 1.70. The lowest BCUT2D eigenvalue weighted by Gasteiger charge is -2.27. The molecule has 0 fully saturated rings. The Bertz CT molecular complexity index is 119. The lowest BCUT2D eigenvalue weighted by atomic mass is 9.90. The zero-order valence-corrected chi connectivity index (χ0v) is 7.55. The molecule has 3 N–H and O–H groups in total. The van der Waals surface area contributed by atoms with Gasteiger partial charge in [0.15, 0.2) is 0 Å². The molecule has 0 heterocycles. The van der Waals surface area contributed by atoms with Crippen LogP contribution < -0.4 is 11.1 Å². The van der Waals surface area contributed by atoms with Gasteiger partial charge in [0.05, 0.1) is 5.54 Å². The monoisotopic (exact) mass is 158 g/mol. The molecule has 0 amide bonds. The van der Waals surface area contributed by atoms with Crippen LogP contribution in [0.1, 0.15) is 20.3 Å². The molecule has 1 atom stereocenters. The van der Waals surface area contributed by atoms with Gasteiger partial charge in [-0.3, -0.25) is 0 Å². The minimum absolute atomic E-state index is 0.366. The highest BCUT2D eigenvalue weighted by molar-refractivity contribution is 5.64. The summed E-state index contributed by atoms with van der Waals surface area (Å²) in [4.78, 5) is 10.7. The molecule has 0 saturated carbocycles. The summed E-state index contributed by atoms with van der Waals surface area (Å²) >= 11 is 0. The van der Waals surface area contributed by atoms with Gasteiger partial charge in [-0.2, -0.15) is 0 Å². The molecule has 66 valence electrons. The summed E-state index contributed by atoms with van der Waals surface area (Å²) in [5.74, 6) is 0.483. The van der Waals surface area contributed by atoms with Crippen molar-refractivity contribution in [3.05, 3.63) is 0 Å². The molecule has 11 heavy (non-hydrogen) atoms. The average molecular weight is 158 g/mol. The van der Waals surface area contributed by atoms with Crippen molar-refractivity contribution >= 4 is 6.29 Å². The molecular formula is C8H18N2O. The molecule has 0 saturated heterocycles. The van der Waals surface area contributed by atoms with Crippen LogP contribution >= 0.6 is 0 Å². The standard InChI is InChI=1S/C8H18N2O/c1-7(2)4-8(5-9,6-11)10-3/h6-7,10H,4-5,9H2,1-3H3. The number of hydrogen-bond donors (Lipinski definition) is 2. The molecule has 0 aliphatic carbocycles. The van der Waals surface area contributed by atoms with E-state index in [-0.39, 0.29) is 0 Å². The van der Waals surface area contributed by atoms with Crippen LogP contribution in [0.15, 0.2) is 0 Å². The molecule has 0 aliphatic rings. The highest BCUT2D eigenvalue weighted by atomic mass is 16.1. The molecule has 0 bridgehead atoms. The average Bonchev–Trinajstić information content (AvgIpc) is 2.00. The van der Waals surface area contributed by atoms with Crippen LogP contribution in [-0.2, 0) is 4.79 Å². The third-order valence-corrected chi connectivity index (χ3v) is 1.86. The number of aldehydes is 1. The molecule has 0 rings (SSSR count). The maximum absolute atomic E-state index is 10.7. The fraction of sp³-hybridized carbons (Fsp3) is 0.875. The van der Waals surface area contributed by atoms with Gasteiger partial charge in [-0.05, 0) is 19.4 Å². The van der Waals surface area contributed by atoms with E-state index in [0.717, 1.165) is 12.7 Å². The zero-order valence-electron chi connectivity index (χ0n) is 7.55. The second-order valence-corrected chi connectivity index (χ2v) is 3.33. The number of nitrogens with two attached hydrogens (primary N) is 1. The molecule has 3 nitrogen and oxygen atoms in total. The van der Waals surface area contributed by atoms with Crippen LogP contribution in [0.4, 0.5) is 0 Å². The molecule has 0 aromatic carbocycles. The molecule has 0 aromatic heterocycles. The number of nitrogens with one attached hydrogen (secondary N) is 1. The van der Waals surface area contributed by atoms with Crippen molar-refractivity contribution in [1.29, 1.82) is 0 Å². The highest BCUT2D eigenvalue weighted by Gasteiger charge is 2.26. The Kier molecular flexibility index (Phi) is 4.30. The maximum Gasteiger partial charge on any atom is 0.141 e. The first-order chi connectivity index (χ1) is 5.10. The van der Waals surface area contributed by atoms with Crippen molar-refractivity contribution in [3.8, 4) is 0 Å². The van der Waals surface area contributed by atoms with E-state index >= 15 is 0 Å². The third kappa shape index (κ3) is 2.99. The summed E-state index contributed by atoms with van der Waals surface area (Å²) in [5, 5.41) is 2.95. The highest BCUT2D eigenvalue weighted by Crippen LogP contribution is 2.12. The van der Waals surface area contributed by atoms with Gasteiger partial charge in [0.1, 0.15) is 6.29 Å². The van der Waals surface area contributed by atoms with Crippen LogP contribution in [-0.4, -0.2) is 25.4 Å². The summed E-state index contributed by atoms with van der Waals surface area (Å²) < 4.78 is 0. The summed E-state index contributed by atoms with van der Waals surface area (Å²) in [6.45, 7) is 4.52. The first kappa shape index (κ1) is 10.6. The van der Waals surface area contributed by atoms with Gasteiger partial charge in [-0.15, -0.1) is 0 Å². The maximum atomic E-state index is 10.7. The van der Waals surface area contributed by atoms with Crippen LogP contribution in [0.3, 0.4) is 0 Å². The molecule has 0 radical (unpaired) electrons. The molecular weight excluding hydrogens is 140 g/mol. The molecule has 0 aliphatic heterocycles. The summed E-state index contributed by atoms with van der Waals surface area (Å²) in [7, 11) is 1.77. The van der Waals surface area contributed by atoms with E-state index < -0.39 is 5.54 Å². The van der Waals surface area contributed by atoms with Gasteiger partial charge < -0.3 is 15.8 Å². The quantitative estimate of drug-likeness (QED) is 0.560. The second-order valence-electron chi connectivity index (χ2n) is 3.33. The van der Waals surface area contributed by atoms with Gasteiger partial charge in [-0.1, -0.05) is 13.8 Å². The predicted octanol–water partition coefficient (Wildman–Crippen LogP) is 0.148. The number of hydrogen-bond acceptors (Lipinski definition) is 3. The van der Waals surface area contributed by atoms with Gasteiger partial charge in [-0.25, -0.2) is 0 Å². The lowest BCUT2D eigenvalue weighted by molar-refractivity contribution is -0.113. The van der Waals surface area contributed by atoms with Crippen molar-refractivity contribution in [2.75, 3.05) is 13.6 Å². The fourth-order valence-corrected chi connectivity index (χ4v) is 1.17. The molecule has 0 spiro atoms. The van der Waals surface area contributed by atoms with E-state index in [1.807, 2.05) is 0 Å². The minimum Gasteiger partial charge on any atom is -0.328 e. The van der Waals surface area contributed by atoms with E-state index in [1.54, 1.807) is 7.05 Å². The number of carbonyl (C=O) groups is 1.